The molecule has 33 heavy (non-hydrogen) atoms. The Balaban J connectivity index is 1.26. The number of nitrogens with zero attached hydrogens (tertiary/aromatic N) is 1. The van der Waals surface area contributed by atoms with Crippen LogP contribution in [0.1, 0.15) is 36.3 Å². The SMILES string of the molecule is O=C(N[C@@H](CC1CC1)C(=O)N1CSC[C@H]1C(=O)O)OCC1c2ccccc2-c2ccccc21. The Hall–Kier alpha value is -3.00. The molecule has 8 heteroatoms. The number of carboxylic acid groups (broad SMARTS) is 1. The fourth-order valence-electron chi connectivity index (χ4n) is 4.76. The number of fused-ring (bicyclic) bond motifs is 3. The Morgan fingerprint density at radius 3 is 2.30 bits per heavy atom. The van der Waals surface area contributed by atoms with Crippen LogP contribution in [0, 0.1) is 5.92 Å². The molecule has 7 nitrogen and oxygen atoms in total. The number of nitrogens with one attached hydrogen (secondary N) is 1. The van der Waals surface area contributed by atoms with Crippen LogP contribution in [0.3, 0.4) is 0 Å². The highest BCUT2D eigenvalue weighted by Crippen LogP contribution is 2.44. The number of hydrogen-bond acceptors (Lipinski definition) is 5. The first kappa shape index (κ1) is 21.8. The molecular weight excluding hydrogens is 440 g/mol. The highest BCUT2D eigenvalue weighted by Gasteiger charge is 2.40. The monoisotopic (exact) mass is 466 g/mol. The molecule has 0 bridgehead atoms. The van der Waals surface area contributed by atoms with Crippen LogP contribution >= 0.6 is 11.8 Å². The van der Waals surface area contributed by atoms with E-state index in [4.69, 9.17) is 4.74 Å². The molecule has 2 aliphatic carbocycles. The highest BCUT2D eigenvalue weighted by atomic mass is 32.2. The second-order valence-corrected chi connectivity index (χ2v) is 9.86. The predicted octanol–water partition coefficient (Wildman–Crippen LogP) is 3.68. The van der Waals surface area contributed by atoms with Crippen molar-refractivity contribution in [2.45, 2.75) is 37.3 Å². The summed E-state index contributed by atoms with van der Waals surface area (Å²) in [7, 11) is 0. The van der Waals surface area contributed by atoms with Crippen molar-refractivity contribution < 1.29 is 24.2 Å². The van der Waals surface area contributed by atoms with Gasteiger partial charge >= 0.3 is 12.1 Å². The summed E-state index contributed by atoms with van der Waals surface area (Å²) in [5.74, 6) is -0.350. The maximum atomic E-state index is 13.1. The number of rotatable bonds is 7. The topological polar surface area (TPSA) is 95.9 Å². The van der Waals surface area contributed by atoms with E-state index in [1.807, 2.05) is 24.3 Å². The first-order valence-corrected chi connectivity index (χ1v) is 12.4. The number of thioether (sulfide) groups is 1. The largest absolute Gasteiger partial charge is 0.480 e. The molecule has 2 atom stereocenters. The molecule has 0 aromatic heterocycles. The lowest BCUT2D eigenvalue weighted by Crippen LogP contribution is -2.52. The standard InChI is InChI=1S/C25H26N2O5S/c28-23(27-14-33-13-22(27)24(29)30)21(11-15-9-10-15)26-25(31)32-12-20-18-7-3-1-5-16(18)17-6-2-4-8-19(17)20/h1-8,15,20-22H,9-14H2,(H,26,31)(H,29,30)/t21-,22-/m0/s1. The smallest absolute Gasteiger partial charge is 0.407 e. The molecule has 0 unspecified atom stereocenters. The van der Waals surface area contributed by atoms with Gasteiger partial charge in [-0.25, -0.2) is 9.59 Å². The second-order valence-electron chi connectivity index (χ2n) is 8.86. The van der Waals surface area contributed by atoms with Crippen molar-refractivity contribution in [1.29, 1.82) is 0 Å². The zero-order valence-electron chi connectivity index (χ0n) is 18.1. The van der Waals surface area contributed by atoms with E-state index in [2.05, 4.69) is 29.6 Å². The van der Waals surface area contributed by atoms with Crippen LogP contribution in [0.15, 0.2) is 48.5 Å². The van der Waals surface area contributed by atoms with Crippen LogP contribution < -0.4 is 5.32 Å². The summed E-state index contributed by atoms with van der Waals surface area (Å²) in [4.78, 5) is 38.8. The highest BCUT2D eigenvalue weighted by molar-refractivity contribution is 7.99. The van der Waals surface area contributed by atoms with Crippen molar-refractivity contribution in [3.63, 3.8) is 0 Å². The number of aliphatic carboxylic acids is 1. The molecule has 0 spiro atoms. The Morgan fingerprint density at radius 2 is 1.70 bits per heavy atom. The molecule has 1 heterocycles. The quantitative estimate of drug-likeness (QED) is 0.646. The van der Waals surface area contributed by atoms with Gasteiger partial charge in [-0.05, 0) is 34.6 Å². The van der Waals surface area contributed by atoms with E-state index in [0.717, 1.165) is 35.1 Å². The van der Waals surface area contributed by atoms with Gasteiger partial charge in [0.2, 0.25) is 5.91 Å². The fraction of sp³-hybridized carbons (Fsp3) is 0.400. The molecule has 0 radical (unpaired) electrons. The fourth-order valence-corrected chi connectivity index (χ4v) is 5.91. The van der Waals surface area contributed by atoms with Crippen LogP contribution in [0.25, 0.3) is 11.1 Å². The first-order valence-electron chi connectivity index (χ1n) is 11.3. The summed E-state index contributed by atoms with van der Waals surface area (Å²) in [5, 5.41) is 12.2. The number of benzene rings is 2. The van der Waals surface area contributed by atoms with Gasteiger partial charge in [-0.3, -0.25) is 4.79 Å². The van der Waals surface area contributed by atoms with Gasteiger partial charge < -0.3 is 20.1 Å². The van der Waals surface area contributed by atoms with Gasteiger partial charge in [0.05, 0.1) is 5.88 Å². The summed E-state index contributed by atoms with van der Waals surface area (Å²) >= 11 is 1.41. The normalized spacial score (nSPS) is 20.1. The van der Waals surface area contributed by atoms with Crippen LogP contribution in [0.2, 0.25) is 0 Å². The van der Waals surface area contributed by atoms with Gasteiger partial charge in [0.25, 0.3) is 0 Å². The number of ether oxygens (including phenoxy) is 1. The number of amides is 2. The molecule has 3 aliphatic rings. The van der Waals surface area contributed by atoms with Gasteiger partial charge in [-0.2, -0.15) is 0 Å². The summed E-state index contributed by atoms with van der Waals surface area (Å²) in [5.41, 5.74) is 4.54. The van der Waals surface area contributed by atoms with E-state index in [1.54, 1.807) is 0 Å². The van der Waals surface area contributed by atoms with Crippen LogP contribution in [-0.4, -0.2) is 58.3 Å². The van der Waals surface area contributed by atoms with Crippen LogP contribution in [0.5, 0.6) is 0 Å². The van der Waals surface area contributed by atoms with Crippen molar-refractivity contribution in [2.75, 3.05) is 18.2 Å². The predicted molar refractivity (Wildman–Crippen MR) is 125 cm³/mol. The number of carboxylic acids is 1. The molecule has 2 N–H and O–H groups in total. The van der Waals surface area contributed by atoms with Gasteiger partial charge in [-0.15, -0.1) is 11.8 Å². The lowest BCUT2D eigenvalue weighted by Gasteiger charge is -2.26. The minimum Gasteiger partial charge on any atom is -0.480 e. The van der Waals surface area contributed by atoms with Gasteiger partial charge in [0, 0.05) is 11.7 Å². The van der Waals surface area contributed by atoms with E-state index in [0.29, 0.717) is 24.0 Å². The van der Waals surface area contributed by atoms with Gasteiger partial charge in [-0.1, -0.05) is 61.4 Å². The molecule has 2 amide bonds. The maximum absolute atomic E-state index is 13.1. The van der Waals surface area contributed by atoms with Crippen LogP contribution in [-0.2, 0) is 14.3 Å². The number of alkyl carbamates (subject to hydrolysis) is 1. The third-order valence-corrected chi connectivity index (χ3v) is 7.66. The molecule has 5 rings (SSSR count). The average molecular weight is 467 g/mol. The zero-order valence-corrected chi connectivity index (χ0v) is 18.9. The maximum Gasteiger partial charge on any atom is 0.407 e. The van der Waals surface area contributed by atoms with E-state index < -0.39 is 24.1 Å². The number of carbonyl (C=O) groups is 3. The van der Waals surface area contributed by atoms with E-state index in [-0.39, 0.29) is 18.4 Å². The average Bonchev–Trinajstić information content (AvgIpc) is 3.39. The lowest BCUT2D eigenvalue weighted by molar-refractivity contribution is -0.148. The molecule has 172 valence electrons. The van der Waals surface area contributed by atoms with Crippen molar-refractivity contribution in [1.82, 2.24) is 10.2 Å². The first-order chi connectivity index (χ1) is 16.0. The zero-order chi connectivity index (χ0) is 22.9. The second kappa shape index (κ2) is 9.09. The van der Waals surface area contributed by atoms with Crippen molar-refractivity contribution in [2.24, 2.45) is 5.92 Å². The van der Waals surface area contributed by atoms with Crippen LogP contribution in [0.4, 0.5) is 4.79 Å². The van der Waals surface area contributed by atoms with E-state index >= 15 is 0 Å². The number of hydrogen-bond donors (Lipinski definition) is 2. The summed E-state index contributed by atoms with van der Waals surface area (Å²) in [6.45, 7) is 0.168. The molecule has 2 aromatic rings. The lowest BCUT2D eigenvalue weighted by atomic mass is 9.98. The summed E-state index contributed by atoms with van der Waals surface area (Å²) in [6, 6.07) is 14.6. The molecule has 1 saturated heterocycles. The molecule has 1 saturated carbocycles. The van der Waals surface area contributed by atoms with E-state index in [1.165, 1.54) is 16.7 Å². The van der Waals surface area contributed by atoms with Crippen molar-refractivity contribution in [3.05, 3.63) is 59.7 Å². The van der Waals surface area contributed by atoms with Gasteiger partial charge in [0.15, 0.2) is 0 Å². The van der Waals surface area contributed by atoms with Crippen molar-refractivity contribution >= 4 is 29.7 Å². The Morgan fingerprint density at radius 1 is 1.06 bits per heavy atom. The van der Waals surface area contributed by atoms with E-state index in [9.17, 15) is 19.5 Å². The Bertz CT molecular complexity index is 1040. The Labute approximate surface area is 196 Å². The molecule has 2 fully saturated rings. The van der Waals surface area contributed by atoms with Gasteiger partial charge in [0.1, 0.15) is 18.7 Å². The third-order valence-electron chi connectivity index (χ3n) is 6.65. The minimum atomic E-state index is -1.01. The molecule has 2 aromatic carbocycles. The Kier molecular flexibility index (Phi) is 6.01. The molecule has 1 aliphatic heterocycles. The summed E-state index contributed by atoms with van der Waals surface area (Å²) in [6.07, 6.45) is 1.91. The van der Waals surface area contributed by atoms with Crippen molar-refractivity contribution in [3.8, 4) is 11.1 Å². The minimum absolute atomic E-state index is 0.0629. The summed E-state index contributed by atoms with van der Waals surface area (Å²) < 4.78 is 5.62. The number of carbonyl (C=O) groups excluding carboxylic acids is 2. The third kappa shape index (κ3) is 4.44. The molecular formula is C25H26N2O5S.